The van der Waals surface area contributed by atoms with Gasteiger partial charge < -0.3 is 10.2 Å². The lowest BCUT2D eigenvalue weighted by atomic mass is 9.89. The summed E-state index contributed by atoms with van der Waals surface area (Å²) in [6.07, 6.45) is 8.27. The van der Waals surface area contributed by atoms with E-state index in [4.69, 9.17) is 0 Å². The Hall–Kier alpha value is -0.380. The summed E-state index contributed by atoms with van der Waals surface area (Å²) in [4.78, 5) is 2.52. The molecule has 0 radical (unpaired) electrons. The van der Waals surface area contributed by atoms with Gasteiger partial charge in [0.15, 0.2) is 0 Å². The first-order valence-electron chi connectivity index (χ1n) is 7.75. The van der Waals surface area contributed by atoms with Crippen molar-refractivity contribution in [2.75, 3.05) is 20.1 Å². The molecule has 1 aliphatic heterocycles. The number of likely N-dealkylation sites (tertiary alicyclic amines) is 1. The third-order valence-electron chi connectivity index (χ3n) is 4.65. The van der Waals surface area contributed by atoms with Crippen molar-refractivity contribution in [3.05, 3.63) is 22.4 Å². The smallest absolute Gasteiger partial charge is 0.0200 e. The lowest BCUT2D eigenvalue weighted by molar-refractivity contribution is 0.161. The normalized spacial score (nSPS) is 29.9. The lowest BCUT2D eigenvalue weighted by Gasteiger charge is -2.37. The molecule has 1 saturated carbocycles. The molecule has 2 fully saturated rings. The third-order valence-corrected chi connectivity index (χ3v) is 5.38. The van der Waals surface area contributed by atoms with E-state index >= 15 is 0 Å². The number of nitrogens with one attached hydrogen (secondary N) is 1. The Bertz CT molecular complexity index is 370. The molecule has 1 aliphatic carbocycles. The number of piperidine rings is 1. The monoisotopic (exact) mass is 278 g/mol. The Morgan fingerprint density at radius 2 is 2.11 bits per heavy atom. The van der Waals surface area contributed by atoms with Crippen LogP contribution < -0.4 is 5.32 Å². The van der Waals surface area contributed by atoms with Crippen LogP contribution in [0.3, 0.4) is 0 Å². The molecule has 0 spiro atoms. The minimum atomic E-state index is 0.713. The van der Waals surface area contributed by atoms with Gasteiger partial charge in [-0.1, -0.05) is 12.8 Å². The molecular weight excluding hydrogens is 252 g/mol. The molecule has 3 rings (SSSR count). The number of hydrogen-bond acceptors (Lipinski definition) is 3. The van der Waals surface area contributed by atoms with Crippen LogP contribution in [0.1, 0.15) is 37.7 Å². The molecule has 19 heavy (non-hydrogen) atoms. The van der Waals surface area contributed by atoms with Gasteiger partial charge in [0.25, 0.3) is 0 Å². The highest BCUT2D eigenvalue weighted by atomic mass is 32.1. The summed E-state index contributed by atoms with van der Waals surface area (Å²) < 4.78 is 0. The first-order valence-corrected chi connectivity index (χ1v) is 8.69. The number of rotatable bonds is 4. The highest BCUT2D eigenvalue weighted by Gasteiger charge is 2.27. The van der Waals surface area contributed by atoms with Crippen LogP contribution in [-0.2, 0) is 6.42 Å². The quantitative estimate of drug-likeness (QED) is 0.910. The van der Waals surface area contributed by atoms with Gasteiger partial charge in [0.1, 0.15) is 0 Å². The Morgan fingerprint density at radius 3 is 2.84 bits per heavy atom. The molecular formula is C16H26N2S. The van der Waals surface area contributed by atoms with E-state index in [1.165, 1.54) is 57.2 Å². The molecule has 106 valence electrons. The van der Waals surface area contributed by atoms with Gasteiger partial charge in [-0.05, 0) is 61.0 Å². The number of hydrogen-bond donors (Lipinski definition) is 1. The summed E-state index contributed by atoms with van der Waals surface area (Å²) >= 11 is 1.83. The van der Waals surface area contributed by atoms with E-state index in [0.717, 1.165) is 12.0 Å². The molecule has 0 bridgehead atoms. The van der Waals surface area contributed by atoms with E-state index in [-0.39, 0.29) is 0 Å². The fraction of sp³-hybridized carbons (Fsp3) is 0.750. The van der Waals surface area contributed by atoms with Crippen molar-refractivity contribution in [1.82, 2.24) is 10.2 Å². The zero-order valence-corrected chi connectivity index (χ0v) is 12.8. The average Bonchev–Trinajstić information content (AvgIpc) is 3.01. The molecule has 3 heteroatoms. The lowest BCUT2D eigenvalue weighted by Crippen LogP contribution is -2.50. The zero-order valence-electron chi connectivity index (χ0n) is 12.0. The van der Waals surface area contributed by atoms with Gasteiger partial charge in [-0.3, -0.25) is 0 Å². The average molecular weight is 278 g/mol. The van der Waals surface area contributed by atoms with Gasteiger partial charge in [-0.2, -0.15) is 11.3 Å². The molecule has 2 atom stereocenters. The highest BCUT2D eigenvalue weighted by molar-refractivity contribution is 7.07. The van der Waals surface area contributed by atoms with Gasteiger partial charge in [0, 0.05) is 25.2 Å². The van der Waals surface area contributed by atoms with Gasteiger partial charge in [-0.25, -0.2) is 0 Å². The van der Waals surface area contributed by atoms with Crippen LogP contribution in [0.25, 0.3) is 0 Å². The molecule has 1 saturated heterocycles. The molecule has 2 aliphatic rings. The van der Waals surface area contributed by atoms with Crippen LogP contribution in [0.2, 0.25) is 0 Å². The van der Waals surface area contributed by atoms with Crippen LogP contribution in [0.4, 0.5) is 0 Å². The maximum absolute atomic E-state index is 3.92. The predicted molar refractivity (Wildman–Crippen MR) is 82.8 cm³/mol. The van der Waals surface area contributed by atoms with Crippen LogP contribution in [0.15, 0.2) is 16.8 Å². The van der Waals surface area contributed by atoms with Crippen LogP contribution in [0, 0.1) is 5.92 Å². The summed E-state index contributed by atoms with van der Waals surface area (Å²) in [5.41, 5.74) is 1.53. The maximum Gasteiger partial charge on any atom is 0.0200 e. The van der Waals surface area contributed by atoms with Crippen molar-refractivity contribution in [3.8, 4) is 0 Å². The molecule has 1 aromatic rings. The minimum Gasteiger partial charge on any atom is -0.310 e. The van der Waals surface area contributed by atoms with Crippen molar-refractivity contribution in [2.24, 2.45) is 5.92 Å². The topological polar surface area (TPSA) is 15.3 Å². The molecule has 2 heterocycles. The fourth-order valence-electron chi connectivity index (χ4n) is 3.88. The summed E-state index contributed by atoms with van der Waals surface area (Å²) in [7, 11) is 2.28. The standard InChI is InChI=1S/C16H26N2S/c1-18-10-14(8-13-6-7-19-12-13)9-16(11-18)17-15-4-2-3-5-15/h6-7,12,14-17H,2-5,8-11H2,1H3. The number of thiophene rings is 1. The van der Waals surface area contributed by atoms with Crippen molar-refractivity contribution in [3.63, 3.8) is 0 Å². The van der Waals surface area contributed by atoms with E-state index in [0.29, 0.717) is 6.04 Å². The van der Waals surface area contributed by atoms with E-state index < -0.39 is 0 Å². The first kappa shape index (κ1) is 13.6. The van der Waals surface area contributed by atoms with Crippen LogP contribution >= 0.6 is 11.3 Å². The first-order chi connectivity index (χ1) is 9.29. The Morgan fingerprint density at radius 1 is 1.26 bits per heavy atom. The predicted octanol–water partition coefficient (Wildman–Crippen LogP) is 3.14. The van der Waals surface area contributed by atoms with Crippen molar-refractivity contribution < 1.29 is 0 Å². The van der Waals surface area contributed by atoms with Crippen LogP contribution in [-0.4, -0.2) is 37.1 Å². The van der Waals surface area contributed by atoms with Gasteiger partial charge in [-0.15, -0.1) is 0 Å². The van der Waals surface area contributed by atoms with E-state index in [1.54, 1.807) is 0 Å². The second kappa shape index (κ2) is 6.38. The number of nitrogens with zero attached hydrogens (tertiary/aromatic N) is 1. The largest absolute Gasteiger partial charge is 0.310 e. The summed E-state index contributed by atoms with van der Waals surface area (Å²) in [5.74, 6) is 0.826. The second-order valence-corrected chi connectivity index (χ2v) is 7.28. The van der Waals surface area contributed by atoms with Crippen molar-refractivity contribution in [1.29, 1.82) is 0 Å². The van der Waals surface area contributed by atoms with E-state index in [2.05, 4.69) is 34.1 Å². The highest BCUT2D eigenvalue weighted by Crippen LogP contribution is 2.24. The summed E-state index contributed by atoms with van der Waals surface area (Å²) in [5, 5.41) is 8.44. The van der Waals surface area contributed by atoms with Gasteiger partial charge >= 0.3 is 0 Å². The molecule has 1 aromatic heterocycles. The van der Waals surface area contributed by atoms with Gasteiger partial charge in [0.2, 0.25) is 0 Å². The van der Waals surface area contributed by atoms with Crippen LogP contribution in [0.5, 0.6) is 0 Å². The molecule has 0 aromatic carbocycles. The molecule has 1 N–H and O–H groups in total. The van der Waals surface area contributed by atoms with Crippen molar-refractivity contribution in [2.45, 2.75) is 50.6 Å². The Balaban J connectivity index is 1.54. The summed E-state index contributed by atoms with van der Waals surface area (Å²) in [6, 6.07) is 3.81. The molecule has 2 unspecified atom stereocenters. The Kier molecular flexibility index (Phi) is 4.57. The maximum atomic E-state index is 3.92. The fourth-order valence-corrected chi connectivity index (χ4v) is 4.56. The SMILES string of the molecule is CN1CC(Cc2ccsc2)CC(NC2CCCC2)C1. The van der Waals surface area contributed by atoms with Crippen molar-refractivity contribution >= 4 is 11.3 Å². The van der Waals surface area contributed by atoms with Gasteiger partial charge in [0.05, 0.1) is 0 Å². The van der Waals surface area contributed by atoms with E-state index in [1.807, 2.05) is 11.3 Å². The Labute approximate surface area is 121 Å². The summed E-state index contributed by atoms with van der Waals surface area (Å²) in [6.45, 7) is 2.50. The molecule has 0 amide bonds. The molecule has 2 nitrogen and oxygen atoms in total. The minimum absolute atomic E-state index is 0.713. The number of likely N-dealkylation sites (N-methyl/N-ethyl adjacent to an activating group) is 1. The van der Waals surface area contributed by atoms with E-state index in [9.17, 15) is 0 Å². The zero-order chi connectivity index (χ0) is 13.1. The second-order valence-electron chi connectivity index (χ2n) is 6.50. The third kappa shape index (κ3) is 3.80.